The highest BCUT2D eigenvalue weighted by atomic mass is 35.5. The van der Waals surface area contributed by atoms with Crippen LogP contribution in [-0.2, 0) is 21.9 Å². The summed E-state index contributed by atoms with van der Waals surface area (Å²) >= 11 is 11.6. The molecule has 1 aliphatic heterocycles. The van der Waals surface area contributed by atoms with E-state index in [4.69, 9.17) is 37.4 Å². The molecule has 0 saturated heterocycles. The molecule has 1 aliphatic rings. The zero-order chi connectivity index (χ0) is 33.2. The van der Waals surface area contributed by atoms with Crippen molar-refractivity contribution in [3.63, 3.8) is 0 Å². The number of rotatable bonds is 9. The van der Waals surface area contributed by atoms with Crippen LogP contribution in [0, 0.1) is 5.82 Å². The largest absolute Gasteiger partial charge is 0.428 e. The molecule has 0 saturated carbocycles. The van der Waals surface area contributed by atoms with E-state index in [1.54, 1.807) is 48.8 Å². The molecule has 3 aromatic carbocycles. The molecule has 2 aromatic heterocycles. The first kappa shape index (κ1) is 32.0. The lowest BCUT2D eigenvalue weighted by Gasteiger charge is -2.28. The van der Waals surface area contributed by atoms with Crippen molar-refractivity contribution in [3.8, 4) is 11.3 Å². The van der Waals surface area contributed by atoms with E-state index in [0.717, 1.165) is 23.8 Å². The van der Waals surface area contributed by atoms with Crippen molar-refractivity contribution in [3.05, 3.63) is 136 Å². The van der Waals surface area contributed by atoms with Gasteiger partial charge in [0.15, 0.2) is 11.6 Å². The van der Waals surface area contributed by atoms with Crippen LogP contribution >= 0.6 is 23.2 Å². The van der Waals surface area contributed by atoms with Crippen molar-refractivity contribution >= 4 is 45.6 Å². The van der Waals surface area contributed by atoms with Crippen LogP contribution in [0.2, 0.25) is 10.0 Å². The van der Waals surface area contributed by atoms with Crippen molar-refractivity contribution in [1.29, 1.82) is 0 Å². The van der Waals surface area contributed by atoms with Crippen LogP contribution < -0.4 is 16.3 Å². The van der Waals surface area contributed by atoms with Gasteiger partial charge in [-0.1, -0.05) is 58.7 Å². The number of carbonyl (C=O) groups excluding carboxylic acids is 1. The first-order chi connectivity index (χ1) is 22.6. The lowest BCUT2D eigenvalue weighted by Crippen LogP contribution is -2.42. The zero-order valence-electron chi connectivity index (χ0n) is 23.7. The third kappa shape index (κ3) is 6.38. The summed E-state index contributed by atoms with van der Waals surface area (Å²) in [4.78, 5) is 27.6. The molecule has 1 unspecified atom stereocenters. The van der Waals surface area contributed by atoms with Crippen molar-refractivity contribution < 1.29 is 36.6 Å². The van der Waals surface area contributed by atoms with Gasteiger partial charge in [0.05, 0.1) is 15.7 Å². The second-order valence-corrected chi connectivity index (χ2v) is 10.9. The molecule has 0 bridgehead atoms. The molecule has 1 amide bonds. The summed E-state index contributed by atoms with van der Waals surface area (Å²) in [6.07, 6.45) is 1.80. The van der Waals surface area contributed by atoms with Gasteiger partial charge in [0.1, 0.15) is 12.3 Å². The highest BCUT2D eigenvalue weighted by Gasteiger charge is 2.60. The van der Waals surface area contributed by atoms with E-state index < -0.39 is 39.1 Å². The Kier molecular flexibility index (Phi) is 8.88. The molecule has 0 fully saturated rings. The van der Waals surface area contributed by atoms with Crippen LogP contribution in [0.1, 0.15) is 27.2 Å². The third-order valence-corrected chi connectivity index (χ3v) is 7.69. The van der Waals surface area contributed by atoms with Gasteiger partial charge in [0, 0.05) is 53.1 Å². The minimum Gasteiger partial charge on any atom is -0.358 e. The number of aromatic nitrogens is 2. The summed E-state index contributed by atoms with van der Waals surface area (Å²) in [5.41, 5.74) is 3.27. The molecule has 47 heavy (non-hydrogen) atoms. The molecule has 3 N–H and O–H groups in total. The van der Waals surface area contributed by atoms with Crippen LogP contribution in [0.3, 0.4) is 0 Å². The van der Waals surface area contributed by atoms with E-state index in [2.05, 4.69) is 26.4 Å². The molecule has 0 spiro atoms. The highest BCUT2D eigenvalue weighted by Crippen LogP contribution is 2.49. The lowest BCUT2D eigenvalue weighted by atomic mass is 9.90. The first-order valence-corrected chi connectivity index (χ1v) is 14.4. The maximum atomic E-state index is 14.5. The van der Waals surface area contributed by atoms with Gasteiger partial charge in [0.25, 0.3) is 5.91 Å². The predicted octanol–water partition coefficient (Wildman–Crippen LogP) is 7.59. The van der Waals surface area contributed by atoms with Crippen LogP contribution in [0.5, 0.6) is 0 Å². The fourth-order valence-electron chi connectivity index (χ4n) is 4.90. The van der Waals surface area contributed by atoms with Gasteiger partial charge in [-0.15, -0.1) is 0 Å². The fraction of sp³-hybridized carbons (Fsp3) is 0.0938. The summed E-state index contributed by atoms with van der Waals surface area (Å²) in [7, 11) is 0. The Hall–Kier alpha value is -4.95. The fourth-order valence-corrected chi connectivity index (χ4v) is 5.39. The number of hydrogen-bond acceptors (Lipinski definition) is 8. The monoisotopic (exact) mass is 685 g/mol. The van der Waals surface area contributed by atoms with Gasteiger partial charge in [-0.2, -0.15) is 13.2 Å². The molecule has 240 valence electrons. The first-order valence-electron chi connectivity index (χ1n) is 13.7. The normalized spacial score (nSPS) is 16.3. The van der Waals surface area contributed by atoms with Gasteiger partial charge < -0.3 is 9.84 Å². The molecular formula is C32H21Cl2F4N5O4. The van der Waals surface area contributed by atoms with Crippen LogP contribution in [0.15, 0.2) is 102 Å². The number of pyridine rings is 1. The summed E-state index contributed by atoms with van der Waals surface area (Å²) in [6.45, 7) is 0.0438. The molecule has 15 heteroatoms. The Balaban J connectivity index is 1.16. The van der Waals surface area contributed by atoms with Gasteiger partial charge >= 0.3 is 6.18 Å². The Labute approximate surface area is 273 Å². The Morgan fingerprint density at radius 2 is 1.79 bits per heavy atom. The number of nitrogens with zero attached hydrogens (tertiary/aromatic N) is 2. The van der Waals surface area contributed by atoms with Gasteiger partial charge in [-0.25, -0.2) is 4.39 Å². The summed E-state index contributed by atoms with van der Waals surface area (Å²) in [5.74, 6) is -1.09. The number of amides is 1. The Morgan fingerprint density at radius 3 is 2.51 bits per heavy atom. The molecule has 0 radical (unpaired) electrons. The molecule has 9 nitrogen and oxygen atoms in total. The SMILES string of the molecule is O=C(NC=CNOCc1cc(-c2cccnc2)no1)c1ccc(C2=CC(c3cc(Cl)c(F)c(Cl)c3)(C(F)(F)F)ON2)c2ccccc12. The van der Waals surface area contributed by atoms with E-state index in [9.17, 15) is 22.4 Å². The van der Waals surface area contributed by atoms with Crippen LogP contribution in [0.4, 0.5) is 17.6 Å². The Morgan fingerprint density at radius 1 is 1.02 bits per heavy atom. The highest BCUT2D eigenvalue weighted by molar-refractivity contribution is 6.35. The van der Waals surface area contributed by atoms with Crippen molar-refractivity contribution in [2.45, 2.75) is 18.4 Å². The number of halogens is 6. The standard InChI is InChI=1S/C32H21Cl2F4N5O4/c33-25-12-19(13-26(34)29(25)35)31(32(36,37)38)15-28(43-47-31)23-7-8-24(22-6-2-1-5-21(22)23)30(44)40-10-11-41-45-17-20-14-27(42-46-20)18-4-3-9-39-16-18/h1-16,41,43H,17H2,(H,40,44). The third-order valence-electron chi connectivity index (χ3n) is 7.14. The van der Waals surface area contributed by atoms with E-state index in [1.165, 1.54) is 24.5 Å². The number of alkyl halides is 3. The predicted molar refractivity (Wildman–Crippen MR) is 165 cm³/mol. The molecule has 5 aromatic rings. The summed E-state index contributed by atoms with van der Waals surface area (Å²) in [6, 6.07) is 16.6. The molecule has 1 atom stereocenters. The van der Waals surface area contributed by atoms with Crippen LogP contribution in [0.25, 0.3) is 27.7 Å². The molecule has 0 aliphatic carbocycles. The average Bonchev–Trinajstić information content (AvgIpc) is 3.74. The van der Waals surface area contributed by atoms with Crippen molar-refractivity contribution in [2.24, 2.45) is 0 Å². The second kappa shape index (κ2) is 13.0. The van der Waals surface area contributed by atoms with Crippen LogP contribution in [-0.4, -0.2) is 22.2 Å². The minimum absolute atomic E-state index is 0.0392. The molecule has 3 heterocycles. The number of benzene rings is 3. The smallest absolute Gasteiger partial charge is 0.358 e. The maximum absolute atomic E-state index is 14.5. The van der Waals surface area contributed by atoms with Gasteiger partial charge in [-0.05, 0) is 47.2 Å². The van der Waals surface area contributed by atoms with E-state index >= 15 is 0 Å². The number of hydrogen-bond donors (Lipinski definition) is 3. The van der Waals surface area contributed by atoms with Gasteiger partial charge in [-0.3, -0.25) is 30.4 Å². The quantitative estimate of drug-likeness (QED) is 0.0630. The average molecular weight is 686 g/mol. The van der Waals surface area contributed by atoms with E-state index in [0.29, 0.717) is 27.8 Å². The minimum atomic E-state index is -5.00. The lowest BCUT2D eigenvalue weighted by molar-refractivity contribution is -0.269. The van der Waals surface area contributed by atoms with E-state index in [-0.39, 0.29) is 17.9 Å². The number of hydroxylamine groups is 2. The number of fused-ring (bicyclic) bond motifs is 1. The number of nitrogens with one attached hydrogen (secondary N) is 3. The Bertz CT molecular complexity index is 2000. The summed E-state index contributed by atoms with van der Waals surface area (Å²) < 4.78 is 62.8. The molecular weight excluding hydrogens is 665 g/mol. The van der Waals surface area contributed by atoms with Crippen molar-refractivity contribution in [1.82, 2.24) is 26.4 Å². The topological polar surface area (TPSA) is 111 Å². The van der Waals surface area contributed by atoms with Gasteiger partial charge in [0.2, 0.25) is 5.60 Å². The summed E-state index contributed by atoms with van der Waals surface area (Å²) in [5, 5.41) is 6.30. The second-order valence-electron chi connectivity index (χ2n) is 10.1. The van der Waals surface area contributed by atoms with Crippen molar-refractivity contribution in [2.75, 3.05) is 0 Å². The molecule has 6 rings (SSSR count). The number of carbonyl (C=O) groups is 1. The maximum Gasteiger partial charge on any atom is 0.428 e. The van der Waals surface area contributed by atoms with E-state index in [1.807, 2.05) is 6.07 Å². The zero-order valence-corrected chi connectivity index (χ0v) is 25.3.